The Morgan fingerprint density at radius 2 is 1.52 bits per heavy atom. The van der Waals surface area contributed by atoms with Gasteiger partial charge in [-0.05, 0) is 31.2 Å². The Hall–Kier alpha value is -3.19. The summed E-state index contributed by atoms with van der Waals surface area (Å²) in [5.74, 6) is -0.113. The first-order valence-corrected chi connectivity index (χ1v) is 10.6. The molecule has 0 saturated heterocycles. The molecule has 0 saturated carbocycles. The molecule has 7 heteroatoms. The van der Waals surface area contributed by atoms with Gasteiger partial charge in [0.25, 0.3) is 5.91 Å². The third-order valence-electron chi connectivity index (χ3n) is 5.01. The van der Waals surface area contributed by atoms with Crippen LogP contribution >= 0.6 is 0 Å². The summed E-state index contributed by atoms with van der Waals surface area (Å²) in [7, 11) is 0. The number of nitrogens with two attached hydrogens (primary N) is 1. The quantitative estimate of drug-likeness (QED) is 0.545. The highest BCUT2D eigenvalue weighted by molar-refractivity contribution is 5.95. The molecular formula is C24H33N4O3+. The molecule has 2 rings (SSSR count). The van der Waals surface area contributed by atoms with Gasteiger partial charge in [-0.1, -0.05) is 44.2 Å². The van der Waals surface area contributed by atoms with Crippen LogP contribution in [0.3, 0.4) is 0 Å². The zero-order valence-electron chi connectivity index (χ0n) is 18.7. The molecule has 0 aliphatic heterocycles. The zero-order valence-corrected chi connectivity index (χ0v) is 18.7. The van der Waals surface area contributed by atoms with E-state index in [0.717, 1.165) is 0 Å². The lowest BCUT2D eigenvalue weighted by molar-refractivity contribution is -0.692. The van der Waals surface area contributed by atoms with Crippen LogP contribution in [0.4, 0.5) is 11.4 Å². The van der Waals surface area contributed by atoms with Crippen LogP contribution in [0.5, 0.6) is 0 Å². The summed E-state index contributed by atoms with van der Waals surface area (Å²) in [5.41, 5.74) is 2.46. The third-order valence-corrected chi connectivity index (χ3v) is 5.01. The number of rotatable bonds is 10. The molecular weight excluding hydrogens is 392 g/mol. The van der Waals surface area contributed by atoms with Crippen molar-refractivity contribution >= 4 is 29.1 Å². The number of hydrogen-bond donors (Lipinski definition) is 3. The number of benzene rings is 2. The highest BCUT2D eigenvalue weighted by atomic mass is 16.2. The minimum atomic E-state index is -0.258. The van der Waals surface area contributed by atoms with Crippen molar-refractivity contribution < 1.29 is 19.7 Å². The first-order valence-electron chi connectivity index (χ1n) is 10.6. The number of carbonyl (C=O) groups is 3. The molecule has 31 heavy (non-hydrogen) atoms. The lowest BCUT2D eigenvalue weighted by Gasteiger charge is -2.23. The van der Waals surface area contributed by atoms with E-state index in [4.69, 9.17) is 0 Å². The molecule has 3 amide bonds. The molecule has 0 fully saturated rings. The molecule has 0 radical (unpaired) electrons. The lowest BCUT2D eigenvalue weighted by Crippen LogP contribution is -2.88. The van der Waals surface area contributed by atoms with Gasteiger partial charge in [0.05, 0.1) is 0 Å². The Balaban J connectivity index is 1.90. The van der Waals surface area contributed by atoms with E-state index in [-0.39, 0.29) is 36.9 Å². The van der Waals surface area contributed by atoms with E-state index >= 15 is 0 Å². The van der Waals surface area contributed by atoms with Gasteiger partial charge < -0.3 is 20.9 Å². The monoisotopic (exact) mass is 425 g/mol. The first-order chi connectivity index (χ1) is 14.8. The second-order valence-corrected chi connectivity index (χ2v) is 7.83. The minimum Gasteiger partial charge on any atom is -0.332 e. The number of likely N-dealkylation sites (N-methyl/N-ethyl adjacent to an activating group) is 1. The summed E-state index contributed by atoms with van der Waals surface area (Å²) in [6.45, 7) is 8.32. The van der Waals surface area contributed by atoms with Crippen LogP contribution in [-0.2, 0) is 14.4 Å². The second-order valence-electron chi connectivity index (χ2n) is 7.83. The highest BCUT2D eigenvalue weighted by Gasteiger charge is 2.23. The molecule has 2 aromatic rings. The average Bonchev–Trinajstić information content (AvgIpc) is 2.73. The Bertz CT molecular complexity index is 866. The number of amides is 3. The molecule has 0 spiro atoms. The Morgan fingerprint density at radius 1 is 0.935 bits per heavy atom. The van der Waals surface area contributed by atoms with Crippen LogP contribution in [0.2, 0.25) is 0 Å². The number of anilines is 2. The molecule has 0 heterocycles. The molecule has 7 nitrogen and oxygen atoms in total. The SMILES string of the molecule is CCN(CC(=O)Nc1ccc(NC(C)=O)cc1)C(=O)C[NH2+][C@@H](c1ccccc1)C(C)C. The first kappa shape index (κ1) is 24.1. The topological polar surface area (TPSA) is 95.1 Å². The van der Waals surface area contributed by atoms with Crippen LogP contribution < -0.4 is 16.0 Å². The standard InChI is InChI=1S/C24H32N4O3/c1-5-28(16-22(30)27-21-13-11-20(12-14-21)26-18(4)29)23(31)15-25-24(17(2)3)19-9-7-6-8-10-19/h6-14,17,24-25H,5,15-16H2,1-4H3,(H,26,29)(H,27,30)/p+1/t24-/m1/s1. The largest absolute Gasteiger partial charge is 0.332 e. The van der Waals surface area contributed by atoms with Crippen molar-refractivity contribution in [2.24, 2.45) is 5.92 Å². The average molecular weight is 426 g/mol. The Kier molecular flexibility index (Phi) is 9.21. The van der Waals surface area contributed by atoms with Crippen molar-refractivity contribution in [2.45, 2.75) is 33.7 Å². The van der Waals surface area contributed by atoms with Crippen LogP contribution in [0.25, 0.3) is 0 Å². The summed E-state index contributed by atoms with van der Waals surface area (Å²) >= 11 is 0. The van der Waals surface area contributed by atoms with Crippen molar-refractivity contribution in [1.29, 1.82) is 0 Å². The van der Waals surface area contributed by atoms with Crippen LogP contribution in [0.1, 0.15) is 39.3 Å². The van der Waals surface area contributed by atoms with Crippen LogP contribution in [0.15, 0.2) is 54.6 Å². The van der Waals surface area contributed by atoms with Gasteiger partial charge in [-0.25, -0.2) is 0 Å². The summed E-state index contributed by atoms with van der Waals surface area (Å²) in [6.07, 6.45) is 0. The zero-order chi connectivity index (χ0) is 22.8. The maximum atomic E-state index is 12.7. The fourth-order valence-electron chi connectivity index (χ4n) is 3.42. The summed E-state index contributed by atoms with van der Waals surface area (Å²) in [6, 6.07) is 17.2. The molecule has 166 valence electrons. The molecule has 2 aromatic carbocycles. The van der Waals surface area contributed by atoms with E-state index in [1.807, 2.05) is 30.4 Å². The molecule has 1 atom stereocenters. The van der Waals surface area contributed by atoms with Crippen molar-refractivity contribution in [3.63, 3.8) is 0 Å². The fourth-order valence-corrected chi connectivity index (χ4v) is 3.42. The number of nitrogens with one attached hydrogen (secondary N) is 2. The van der Waals surface area contributed by atoms with E-state index in [2.05, 4.69) is 36.6 Å². The van der Waals surface area contributed by atoms with E-state index in [1.54, 1.807) is 29.2 Å². The molecule has 0 aromatic heterocycles. The minimum absolute atomic E-state index is 0.00565. The van der Waals surface area contributed by atoms with Crippen LogP contribution in [0, 0.1) is 5.92 Å². The summed E-state index contributed by atoms with van der Waals surface area (Å²) in [4.78, 5) is 37.8. The molecule has 0 unspecified atom stereocenters. The molecule has 0 aliphatic carbocycles. The van der Waals surface area contributed by atoms with Gasteiger partial charge in [-0.15, -0.1) is 0 Å². The van der Waals surface area contributed by atoms with E-state index in [9.17, 15) is 14.4 Å². The normalized spacial score (nSPS) is 11.6. The molecule has 4 N–H and O–H groups in total. The molecule has 0 aliphatic rings. The van der Waals surface area contributed by atoms with Gasteiger partial charge in [-0.3, -0.25) is 14.4 Å². The third kappa shape index (κ3) is 7.86. The Morgan fingerprint density at radius 3 is 2.03 bits per heavy atom. The number of nitrogens with zero attached hydrogens (tertiary/aromatic N) is 1. The smallest absolute Gasteiger partial charge is 0.278 e. The van der Waals surface area contributed by atoms with Crippen molar-refractivity contribution in [3.05, 3.63) is 60.2 Å². The van der Waals surface area contributed by atoms with E-state index in [0.29, 0.717) is 23.8 Å². The Labute approximate surface area is 184 Å². The van der Waals surface area contributed by atoms with Gasteiger partial charge in [0.15, 0.2) is 6.54 Å². The van der Waals surface area contributed by atoms with E-state index < -0.39 is 0 Å². The number of hydrogen-bond acceptors (Lipinski definition) is 3. The van der Waals surface area contributed by atoms with Crippen LogP contribution in [-0.4, -0.2) is 42.3 Å². The highest BCUT2D eigenvalue weighted by Crippen LogP contribution is 2.17. The lowest BCUT2D eigenvalue weighted by atomic mass is 9.96. The van der Waals surface area contributed by atoms with E-state index in [1.165, 1.54) is 12.5 Å². The van der Waals surface area contributed by atoms with Crippen molar-refractivity contribution in [1.82, 2.24) is 4.90 Å². The van der Waals surface area contributed by atoms with Gasteiger partial charge >= 0.3 is 0 Å². The summed E-state index contributed by atoms with van der Waals surface area (Å²) in [5, 5.41) is 7.52. The fraction of sp³-hybridized carbons (Fsp3) is 0.375. The second kappa shape index (κ2) is 11.9. The number of carbonyl (C=O) groups excluding carboxylic acids is 3. The van der Waals surface area contributed by atoms with Gasteiger partial charge in [0.2, 0.25) is 11.8 Å². The summed E-state index contributed by atoms with van der Waals surface area (Å²) < 4.78 is 0. The predicted molar refractivity (Wildman–Crippen MR) is 122 cm³/mol. The maximum absolute atomic E-state index is 12.7. The van der Waals surface area contributed by atoms with Crippen molar-refractivity contribution in [3.8, 4) is 0 Å². The predicted octanol–water partition coefficient (Wildman–Crippen LogP) is 2.39. The molecule has 0 bridgehead atoms. The maximum Gasteiger partial charge on any atom is 0.278 e. The number of quaternary nitrogens is 1. The van der Waals surface area contributed by atoms with Gasteiger partial charge in [0.1, 0.15) is 12.6 Å². The van der Waals surface area contributed by atoms with Gasteiger partial charge in [-0.2, -0.15) is 0 Å². The van der Waals surface area contributed by atoms with Crippen molar-refractivity contribution in [2.75, 3.05) is 30.3 Å². The van der Waals surface area contributed by atoms with Gasteiger partial charge in [0, 0.05) is 36.3 Å².